The minimum Gasteiger partial charge on any atom is -0.462 e. The molecule has 0 aromatic rings. The van der Waals surface area contributed by atoms with Gasteiger partial charge in [-0.25, -0.2) is 9.13 Å². The molecular weight excluding hydrogens is 1210 g/mol. The van der Waals surface area contributed by atoms with Crippen molar-refractivity contribution in [2.45, 2.75) is 382 Å². The van der Waals surface area contributed by atoms with E-state index in [9.17, 15) is 43.2 Å². The van der Waals surface area contributed by atoms with Crippen LogP contribution in [0.1, 0.15) is 364 Å². The number of ether oxygens (including phenoxy) is 4. The van der Waals surface area contributed by atoms with Crippen molar-refractivity contribution >= 4 is 39.5 Å². The Morgan fingerprint density at radius 3 is 0.772 bits per heavy atom. The molecule has 3 N–H and O–H groups in total. The van der Waals surface area contributed by atoms with Crippen LogP contribution in [-0.4, -0.2) is 96.7 Å². The van der Waals surface area contributed by atoms with Crippen molar-refractivity contribution in [3.63, 3.8) is 0 Å². The lowest BCUT2D eigenvalue weighted by Crippen LogP contribution is -2.30. The highest BCUT2D eigenvalue weighted by Crippen LogP contribution is 2.45. The van der Waals surface area contributed by atoms with Gasteiger partial charge in [-0.3, -0.25) is 37.3 Å². The lowest BCUT2D eigenvalue weighted by molar-refractivity contribution is -0.161. The summed E-state index contributed by atoms with van der Waals surface area (Å²) < 4.78 is 68.4. The number of phosphoric acid groups is 2. The lowest BCUT2D eigenvalue weighted by atomic mass is 9.99. The molecule has 92 heavy (non-hydrogen) atoms. The summed E-state index contributed by atoms with van der Waals surface area (Å²) >= 11 is 0. The van der Waals surface area contributed by atoms with Gasteiger partial charge in [-0.1, -0.05) is 312 Å². The Morgan fingerprint density at radius 1 is 0.304 bits per heavy atom. The SMILES string of the molecule is CCC(C)CCCCCCCCCCCCC(=O)OC[C@H](COP(=O)(O)OCC(O)COP(=O)(O)OC[C@@H](COC(=O)CCCCCCCCCC(C)C)OC(=O)CCCCCCCCCCCCCCCCCC(C)C)OC(=O)CCCCCCCCC(C)CC. The smallest absolute Gasteiger partial charge is 0.462 e. The van der Waals surface area contributed by atoms with Gasteiger partial charge in [-0.2, -0.15) is 0 Å². The summed E-state index contributed by atoms with van der Waals surface area (Å²) in [4.78, 5) is 72.6. The third-order valence-electron chi connectivity index (χ3n) is 17.5. The van der Waals surface area contributed by atoms with Crippen LogP contribution in [0.3, 0.4) is 0 Å². The number of esters is 4. The maximum absolute atomic E-state index is 13.0. The van der Waals surface area contributed by atoms with Crippen LogP contribution in [0, 0.1) is 23.7 Å². The van der Waals surface area contributed by atoms with E-state index in [1.54, 1.807) is 0 Å². The van der Waals surface area contributed by atoms with Crippen molar-refractivity contribution in [3.8, 4) is 0 Å². The van der Waals surface area contributed by atoms with Crippen molar-refractivity contribution in [3.05, 3.63) is 0 Å². The molecule has 0 aliphatic rings. The number of phosphoric ester groups is 2. The molecule has 0 bridgehead atoms. The number of hydrogen-bond acceptors (Lipinski definition) is 15. The maximum atomic E-state index is 13.0. The molecule has 0 rings (SSSR count). The first-order valence-corrected chi connectivity index (χ1v) is 40.8. The number of aliphatic hydroxyl groups excluding tert-OH is 1. The molecule has 0 fully saturated rings. The first-order valence-electron chi connectivity index (χ1n) is 37.8. The average molecular weight is 1350 g/mol. The largest absolute Gasteiger partial charge is 0.472 e. The normalized spacial score (nSPS) is 14.8. The van der Waals surface area contributed by atoms with Gasteiger partial charge in [0.15, 0.2) is 12.2 Å². The van der Waals surface area contributed by atoms with E-state index in [0.717, 1.165) is 114 Å². The van der Waals surface area contributed by atoms with Crippen molar-refractivity contribution < 1.29 is 80.2 Å². The summed E-state index contributed by atoms with van der Waals surface area (Å²) in [6.45, 7) is 14.1. The second-order valence-corrected chi connectivity index (χ2v) is 30.7. The molecule has 546 valence electrons. The van der Waals surface area contributed by atoms with Gasteiger partial charge >= 0.3 is 39.5 Å². The van der Waals surface area contributed by atoms with E-state index in [2.05, 4.69) is 55.4 Å². The molecule has 0 aliphatic carbocycles. The summed E-state index contributed by atoms with van der Waals surface area (Å²) in [5.41, 5.74) is 0. The maximum Gasteiger partial charge on any atom is 0.472 e. The number of aliphatic hydroxyl groups is 1. The Balaban J connectivity index is 5.21. The summed E-state index contributed by atoms with van der Waals surface area (Å²) in [6.07, 6.45) is 45.9. The van der Waals surface area contributed by atoms with E-state index < -0.39 is 97.5 Å². The predicted octanol–water partition coefficient (Wildman–Crippen LogP) is 20.9. The number of carbonyl (C=O) groups is 4. The fraction of sp³-hybridized carbons (Fsp3) is 0.945. The van der Waals surface area contributed by atoms with Crippen LogP contribution in [0.2, 0.25) is 0 Å². The molecule has 0 aliphatic heterocycles. The molecule has 17 nitrogen and oxygen atoms in total. The van der Waals surface area contributed by atoms with Gasteiger partial charge in [0.05, 0.1) is 26.4 Å². The lowest BCUT2D eigenvalue weighted by Gasteiger charge is -2.21. The summed E-state index contributed by atoms with van der Waals surface area (Å²) in [7, 11) is -9.91. The zero-order valence-electron chi connectivity index (χ0n) is 60.2. The fourth-order valence-electron chi connectivity index (χ4n) is 11.0. The van der Waals surface area contributed by atoms with Crippen molar-refractivity contribution in [1.82, 2.24) is 0 Å². The highest BCUT2D eigenvalue weighted by atomic mass is 31.2. The molecule has 0 saturated carbocycles. The molecule has 0 saturated heterocycles. The molecule has 0 amide bonds. The molecule has 19 heteroatoms. The molecular formula is C73H142O17P2. The highest BCUT2D eigenvalue weighted by molar-refractivity contribution is 7.47. The minimum atomic E-state index is -4.95. The molecule has 0 aromatic carbocycles. The van der Waals surface area contributed by atoms with Crippen LogP contribution in [0.5, 0.6) is 0 Å². The Morgan fingerprint density at radius 2 is 0.522 bits per heavy atom. The molecule has 0 aromatic heterocycles. The van der Waals surface area contributed by atoms with Gasteiger partial charge in [0.2, 0.25) is 0 Å². The third-order valence-corrected chi connectivity index (χ3v) is 19.4. The van der Waals surface area contributed by atoms with Gasteiger partial charge in [0.25, 0.3) is 0 Å². The number of carbonyl (C=O) groups excluding carboxylic acids is 4. The van der Waals surface area contributed by atoms with Crippen molar-refractivity contribution in [2.75, 3.05) is 39.6 Å². The molecule has 0 heterocycles. The number of unbranched alkanes of at least 4 members (excludes halogenated alkanes) is 34. The molecule has 5 unspecified atom stereocenters. The number of hydrogen-bond donors (Lipinski definition) is 3. The molecule has 0 spiro atoms. The van der Waals surface area contributed by atoms with Gasteiger partial charge in [-0.05, 0) is 49.4 Å². The quantitative estimate of drug-likeness (QED) is 0.0222. The molecule has 7 atom stereocenters. The van der Waals surface area contributed by atoms with Crippen LogP contribution in [0.4, 0.5) is 0 Å². The van der Waals surface area contributed by atoms with E-state index in [-0.39, 0.29) is 25.7 Å². The summed E-state index contributed by atoms with van der Waals surface area (Å²) in [5, 5.41) is 10.6. The Bertz CT molecular complexity index is 1820. The Kier molecular flexibility index (Phi) is 61.3. The van der Waals surface area contributed by atoms with E-state index in [1.807, 2.05) is 0 Å². The Labute approximate surface area is 562 Å². The fourth-order valence-corrected chi connectivity index (χ4v) is 12.5. The Hall–Kier alpha value is -1.94. The van der Waals surface area contributed by atoms with Gasteiger partial charge in [-0.15, -0.1) is 0 Å². The summed E-state index contributed by atoms with van der Waals surface area (Å²) in [5.74, 6) is 0.909. The predicted molar refractivity (Wildman–Crippen MR) is 372 cm³/mol. The van der Waals surface area contributed by atoms with E-state index in [0.29, 0.717) is 31.6 Å². The average Bonchev–Trinajstić information content (AvgIpc) is 2.23. The topological polar surface area (TPSA) is 237 Å². The van der Waals surface area contributed by atoms with Gasteiger partial charge < -0.3 is 33.8 Å². The third kappa shape index (κ3) is 64.1. The summed E-state index contributed by atoms with van der Waals surface area (Å²) in [6, 6.07) is 0. The number of rotatable bonds is 70. The zero-order valence-corrected chi connectivity index (χ0v) is 62.0. The van der Waals surface area contributed by atoms with Crippen LogP contribution >= 0.6 is 15.6 Å². The standard InChI is InChI=1S/C73H142O17P2/c1-9-65(7)51-43-35-27-21-18-19-22-28-37-45-53-70(75)83-60-69(90-73(78)56-48-40-32-31-36-44-52-66(8)10-2)62-88-92(81,82)86-58-67(74)57-85-91(79,80)87-61-68(59-84-71(76)54-46-38-30-24-26-34-42-50-64(5)6)89-72(77)55-47-39-29-23-17-15-13-11-12-14-16-20-25-33-41-49-63(3)4/h63-69,74H,9-62H2,1-8H3,(H,79,80)(H,81,82)/t65?,66?,67?,68-,69-/m1/s1. The van der Waals surface area contributed by atoms with Crippen LogP contribution in [0.25, 0.3) is 0 Å². The van der Waals surface area contributed by atoms with Crippen LogP contribution in [0.15, 0.2) is 0 Å². The second-order valence-electron chi connectivity index (χ2n) is 27.8. The van der Waals surface area contributed by atoms with E-state index in [1.165, 1.54) is 161 Å². The van der Waals surface area contributed by atoms with Crippen molar-refractivity contribution in [1.29, 1.82) is 0 Å². The first-order chi connectivity index (χ1) is 44.2. The minimum absolute atomic E-state index is 0.102. The van der Waals surface area contributed by atoms with Crippen LogP contribution < -0.4 is 0 Å². The first kappa shape index (κ1) is 90.1. The zero-order chi connectivity index (χ0) is 68.2. The van der Waals surface area contributed by atoms with E-state index >= 15 is 0 Å². The second kappa shape index (κ2) is 62.6. The van der Waals surface area contributed by atoms with Gasteiger partial charge in [0.1, 0.15) is 19.3 Å². The highest BCUT2D eigenvalue weighted by Gasteiger charge is 2.30. The van der Waals surface area contributed by atoms with Crippen LogP contribution in [-0.2, 0) is 65.4 Å². The van der Waals surface area contributed by atoms with Crippen molar-refractivity contribution in [2.24, 2.45) is 23.7 Å². The van der Waals surface area contributed by atoms with E-state index in [4.69, 9.17) is 37.0 Å². The van der Waals surface area contributed by atoms with Gasteiger partial charge in [0, 0.05) is 25.7 Å². The monoisotopic (exact) mass is 1350 g/mol. The molecule has 0 radical (unpaired) electrons.